The average molecular weight is 1050 g/mol. The lowest BCUT2D eigenvalue weighted by Crippen LogP contribution is -2.17. The number of aromatic nitrogens is 7. The molecule has 3 heterocycles. The van der Waals surface area contributed by atoms with Gasteiger partial charge in [-0.05, 0) is 127 Å². The fourth-order valence-corrected chi connectivity index (χ4v) is 11.4. The molecule has 0 aliphatic heterocycles. The van der Waals surface area contributed by atoms with Gasteiger partial charge >= 0.3 is 0 Å². The van der Waals surface area contributed by atoms with Crippen LogP contribution in [0.15, 0.2) is 176 Å². The first-order valence-corrected chi connectivity index (χ1v) is 28.2. The summed E-state index contributed by atoms with van der Waals surface area (Å²) < 4.78 is 2.43. The zero-order chi connectivity index (χ0) is 56.3. The number of para-hydroxylation sites is 1. The van der Waals surface area contributed by atoms with Crippen LogP contribution in [-0.4, -0.2) is 34.5 Å². The fourth-order valence-electron chi connectivity index (χ4n) is 11.4. The van der Waals surface area contributed by atoms with Gasteiger partial charge in [-0.3, -0.25) is 0 Å². The third kappa shape index (κ3) is 9.40. The van der Waals surface area contributed by atoms with Crippen LogP contribution < -0.4 is 0 Å². The zero-order valence-electron chi connectivity index (χ0n) is 48.9. The zero-order valence-corrected chi connectivity index (χ0v) is 48.9. The molecule has 0 amide bonds. The van der Waals surface area contributed by atoms with Gasteiger partial charge in [0.15, 0.2) is 34.9 Å². The Balaban J connectivity index is 1.20. The normalized spacial score (nSPS) is 13.5. The maximum Gasteiger partial charge on any atom is 0.166 e. The molecule has 0 N–H and O–H groups in total. The molecule has 398 valence electrons. The molecule has 7 nitrogen and oxygen atoms in total. The summed E-state index contributed by atoms with van der Waals surface area (Å²) in [4.78, 5) is 32.6. The molecule has 1 aliphatic rings. The van der Waals surface area contributed by atoms with E-state index in [1.807, 2.05) is 36.4 Å². The van der Waals surface area contributed by atoms with Crippen LogP contribution in [0.4, 0.5) is 0 Å². The second kappa shape index (κ2) is 18.9. The Morgan fingerprint density at radius 2 is 0.725 bits per heavy atom. The van der Waals surface area contributed by atoms with Gasteiger partial charge in [-0.2, -0.15) is 0 Å². The van der Waals surface area contributed by atoms with Crippen LogP contribution in [0.2, 0.25) is 0 Å². The molecule has 11 aromatic rings. The van der Waals surface area contributed by atoms with Crippen molar-refractivity contribution in [2.75, 3.05) is 0 Å². The molecule has 0 atom stereocenters. The Morgan fingerprint density at radius 3 is 1.23 bits per heavy atom. The van der Waals surface area contributed by atoms with Crippen molar-refractivity contribution >= 4 is 21.8 Å². The Labute approximate surface area is 472 Å². The number of rotatable bonds is 7. The predicted molar refractivity (Wildman–Crippen MR) is 333 cm³/mol. The van der Waals surface area contributed by atoms with Gasteiger partial charge in [-0.1, -0.05) is 212 Å². The minimum atomic E-state index is -0.224. The van der Waals surface area contributed by atoms with E-state index < -0.39 is 0 Å². The van der Waals surface area contributed by atoms with E-state index in [2.05, 4.69) is 241 Å². The third-order valence-electron chi connectivity index (χ3n) is 16.3. The second-order valence-corrected chi connectivity index (χ2v) is 26.6. The van der Waals surface area contributed by atoms with Gasteiger partial charge in [-0.15, -0.1) is 0 Å². The third-order valence-corrected chi connectivity index (χ3v) is 16.3. The molecule has 0 saturated carbocycles. The lowest BCUT2D eigenvalue weighted by atomic mass is 9.79. The van der Waals surface area contributed by atoms with Gasteiger partial charge < -0.3 is 4.57 Å². The minimum Gasteiger partial charge on any atom is -0.308 e. The van der Waals surface area contributed by atoms with Crippen LogP contribution in [0.3, 0.4) is 0 Å². The Kier molecular flexibility index (Phi) is 12.3. The summed E-state index contributed by atoms with van der Waals surface area (Å²) in [6.07, 6.45) is 0. The molecule has 80 heavy (non-hydrogen) atoms. The minimum absolute atomic E-state index is 0.146. The molecule has 0 unspecified atom stereocenters. The van der Waals surface area contributed by atoms with Crippen molar-refractivity contribution in [1.29, 1.82) is 0 Å². The molecule has 0 fully saturated rings. The summed E-state index contributed by atoms with van der Waals surface area (Å²) in [6, 6.07) is 63.3. The number of hydrogen-bond acceptors (Lipinski definition) is 6. The van der Waals surface area contributed by atoms with Gasteiger partial charge in [0, 0.05) is 49.6 Å². The van der Waals surface area contributed by atoms with E-state index >= 15 is 0 Å². The number of hydrogen-bond donors (Lipinski definition) is 0. The molecule has 0 radical (unpaired) electrons. The van der Waals surface area contributed by atoms with E-state index in [-0.39, 0.29) is 27.1 Å². The van der Waals surface area contributed by atoms with E-state index in [0.29, 0.717) is 34.9 Å². The fraction of sp³-hybridized carbons (Fsp3) is 0.260. The number of fused-ring (bicyclic) bond motifs is 6. The van der Waals surface area contributed by atoms with Gasteiger partial charge in [0.05, 0.1) is 16.7 Å². The van der Waals surface area contributed by atoms with Crippen molar-refractivity contribution < 1.29 is 0 Å². The van der Waals surface area contributed by atoms with Gasteiger partial charge in [0.25, 0.3) is 0 Å². The van der Waals surface area contributed by atoms with Crippen LogP contribution in [0.1, 0.15) is 130 Å². The quantitative estimate of drug-likeness (QED) is 0.158. The standard InChI is InChI=1S/C73H71N7/c1-69(2,3)49-35-47(36-50(40-49)70(4,5)6)66-77-67(48-37-51(71(7,8)9)41-52(38-48)72(10,11)12)79-68(78-66)57-39-46(65-75-63(44-25-17-15-18-26-44)74-64(76-65)45-27-19-16-20-28-45)33-34-61(57)80-60-32-24-22-30-54(60)56-42-55-53-29-21-23-31-58(53)73(13,14)59(55)43-62(56)80/h15-43H,1-14H3. The average Bonchev–Trinajstić information content (AvgIpc) is 3.99. The molecule has 0 spiro atoms. The van der Waals surface area contributed by atoms with Crippen LogP contribution in [0.25, 0.3) is 107 Å². The highest BCUT2D eigenvalue weighted by molar-refractivity contribution is 6.12. The largest absolute Gasteiger partial charge is 0.308 e. The summed E-state index contributed by atoms with van der Waals surface area (Å²) in [7, 11) is 0. The lowest BCUT2D eigenvalue weighted by molar-refractivity contribution is 0.568. The smallest absolute Gasteiger partial charge is 0.166 e. The molecule has 0 saturated heterocycles. The van der Waals surface area contributed by atoms with E-state index in [1.165, 1.54) is 55.3 Å². The topological polar surface area (TPSA) is 82.3 Å². The predicted octanol–water partition coefficient (Wildman–Crippen LogP) is 18.7. The highest BCUT2D eigenvalue weighted by Gasteiger charge is 2.37. The SMILES string of the molecule is CC(C)(C)c1cc(-c2nc(-c3cc(C(C)(C)C)cc(C(C)(C)C)c3)nc(-c3cc(-c4nc(-c5ccccc5)nc(-c5ccccc5)n4)ccc3-n3c4ccccc4c4cc5c(cc43)C(C)(C)c3ccccc3-5)n2)cc(C(C)(C)C)c1. The number of benzene rings is 8. The van der Waals surface area contributed by atoms with Crippen molar-refractivity contribution in [3.8, 4) is 85.1 Å². The van der Waals surface area contributed by atoms with Crippen molar-refractivity contribution in [2.45, 2.75) is 124 Å². The first kappa shape index (κ1) is 52.3. The summed E-state index contributed by atoms with van der Waals surface area (Å²) in [5, 5.41) is 2.35. The van der Waals surface area contributed by atoms with Crippen molar-refractivity contribution in [2.24, 2.45) is 0 Å². The molecule has 7 heteroatoms. The monoisotopic (exact) mass is 1050 g/mol. The molecule has 8 aromatic carbocycles. The van der Waals surface area contributed by atoms with Crippen molar-refractivity contribution in [3.05, 3.63) is 209 Å². The molecular weight excluding hydrogens is 975 g/mol. The van der Waals surface area contributed by atoms with E-state index in [0.717, 1.165) is 50.1 Å². The summed E-state index contributed by atoms with van der Waals surface area (Å²) in [5.41, 5.74) is 17.7. The van der Waals surface area contributed by atoms with Gasteiger partial charge in [0.1, 0.15) is 0 Å². The van der Waals surface area contributed by atoms with Crippen LogP contribution >= 0.6 is 0 Å². The summed E-state index contributed by atoms with van der Waals surface area (Å²) in [6.45, 7) is 32.1. The summed E-state index contributed by atoms with van der Waals surface area (Å²) in [5.74, 6) is 3.47. The Hall–Kier alpha value is -8.42. The molecule has 1 aliphatic carbocycles. The Morgan fingerprint density at radius 1 is 0.300 bits per heavy atom. The van der Waals surface area contributed by atoms with Crippen molar-refractivity contribution in [3.63, 3.8) is 0 Å². The first-order valence-electron chi connectivity index (χ1n) is 28.2. The maximum atomic E-state index is 5.70. The van der Waals surface area contributed by atoms with Gasteiger partial charge in [-0.25, -0.2) is 29.9 Å². The van der Waals surface area contributed by atoms with Crippen molar-refractivity contribution in [1.82, 2.24) is 34.5 Å². The van der Waals surface area contributed by atoms with Crippen LogP contribution in [0.5, 0.6) is 0 Å². The highest BCUT2D eigenvalue weighted by atomic mass is 15.1. The highest BCUT2D eigenvalue weighted by Crippen LogP contribution is 2.51. The molecule has 0 bridgehead atoms. The molecular formula is C73H71N7. The van der Waals surface area contributed by atoms with Gasteiger partial charge in [0.2, 0.25) is 0 Å². The van der Waals surface area contributed by atoms with Crippen LogP contribution in [0, 0.1) is 0 Å². The van der Waals surface area contributed by atoms with E-state index in [9.17, 15) is 0 Å². The lowest BCUT2D eigenvalue weighted by Gasteiger charge is -2.26. The van der Waals surface area contributed by atoms with Crippen LogP contribution in [-0.2, 0) is 27.1 Å². The van der Waals surface area contributed by atoms with E-state index in [4.69, 9.17) is 29.9 Å². The number of nitrogens with zero attached hydrogens (tertiary/aromatic N) is 7. The molecule has 3 aromatic heterocycles. The first-order chi connectivity index (χ1) is 37.9. The molecule has 12 rings (SSSR count). The van der Waals surface area contributed by atoms with E-state index in [1.54, 1.807) is 0 Å². The maximum absolute atomic E-state index is 5.70. The second-order valence-electron chi connectivity index (χ2n) is 26.6. The summed E-state index contributed by atoms with van der Waals surface area (Å²) >= 11 is 0. The Bertz CT molecular complexity index is 4020.